The largest absolute Gasteiger partial charge is 0.399 e. The van der Waals surface area contributed by atoms with Gasteiger partial charge in [-0.2, -0.15) is 0 Å². The maximum atomic E-state index is 12.2. The number of nitrogens with two attached hydrogens (primary N) is 2. The summed E-state index contributed by atoms with van der Waals surface area (Å²) in [6.45, 7) is 1.15. The Kier molecular flexibility index (Phi) is 4.04. The first kappa shape index (κ1) is 13.4. The van der Waals surface area contributed by atoms with Crippen LogP contribution in [0.5, 0.6) is 0 Å². The molecule has 0 bridgehead atoms. The standard InChI is InChI=1S/C14H19N3O2/c15-12-5-3-10(4-6-12)8-13(18)17-7-1-2-11(9-17)14(16)19/h3-6,11H,1-2,7-9,15H2,(H2,16,19). The summed E-state index contributed by atoms with van der Waals surface area (Å²) in [5.74, 6) is -0.482. The van der Waals surface area contributed by atoms with E-state index in [0.717, 1.165) is 18.4 Å². The van der Waals surface area contributed by atoms with Gasteiger partial charge in [0.1, 0.15) is 0 Å². The Hall–Kier alpha value is -2.04. The minimum Gasteiger partial charge on any atom is -0.399 e. The van der Waals surface area contributed by atoms with Gasteiger partial charge in [-0.15, -0.1) is 0 Å². The Morgan fingerprint density at radius 2 is 1.95 bits per heavy atom. The third-order valence-corrected chi connectivity index (χ3v) is 3.51. The van der Waals surface area contributed by atoms with E-state index >= 15 is 0 Å². The van der Waals surface area contributed by atoms with Gasteiger partial charge in [-0.25, -0.2) is 0 Å². The average Bonchev–Trinajstić information content (AvgIpc) is 2.41. The number of nitrogens with zero attached hydrogens (tertiary/aromatic N) is 1. The zero-order chi connectivity index (χ0) is 13.8. The molecule has 5 nitrogen and oxygen atoms in total. The SMILES string of the molecule is NC(=O)C1CCCN(C(=O)Cc2ccc(N)cc2)C1. The van der Waals surface area contributed by atoms with E-state index in [2.05, 4.69) is 0 Å². The van der Waals surface area contributed by atoms with E-state index in [-0.39, 0.29) is 17.7 Å². The summed E-state index contributed by atoms with van der Waals surface area (Å²) in [4.78, 5) is 25.1. The number of likely N-dealkylation sites (tertiary alicyclic amines) is 1. The molecule has 0 saturated carbocycles. The molecule has 4 N–H and O–H groups in total. The molecule has 1 saturated heterocycles. The minimum atomic E-state index is -0.315. The van der Waals surface area contributed by atoms with Crippen molar-refractivity contribution in [2.45, 2.75) is 19.3 Å². The van der Waals surface area contributed by atoms with Gasteiger partial charge in [0.05, 0.1) is 12.3 Å². The lowest BCUT2D eigenvalue weighted by molar-refractivity contribution is -0.134. The molecule has 1 unspecified atom stereocenters. The van der Waals surface area contributed by atoms with Gasteiger partial charge in [0.25, 0.3) is 0 Å². The molecule has 19 heavy (non-hydrogen) atoms. The highest BCUT2D eigenvalue weighted by Crippen LogP contribution is 2.17. The van der Waals surface area contributed by atoms with Gasteiger partial charge in [-0.3, -0.25) is 9.59 Å². The second-order valence-corrected chi connectivity index (χ2v) is 5.00. The molecule has 0 aromatic heterocycles. The third kappa shape index (κ3) is 3.47. The number of amides is 2. The summed E-state index contributed by atoms with van der Waals surface area (Å²) in [5.41, 5.74) is 12.5. The third-order valence-electron chi connectivity index (χ3n) is 3.51. The van der Waals surface area contributed by atoms with Crippen molar-refractivity contribution in [1.82, 2.24) is 4.90 Å². The Bertz CT molecular complexity index is 470. The van der Waals surface area contributed by atoms with Crippen LogP contribution in [0.15, 0.2) is 24.3 Å². The molecule has 1 fully saturated rings. The number of primary amides is 1. The number of rotatable bonds is 3. The fourth-order valence-electron chi connectivity index (χ4n) is 2.36. The van der Waals surface area contributed by atoms with Crippen molar-refractivity contribution in [2.75, 3.05) is 18.8 Å². The van der Waals surface area contributed by atoms with Crippen LogP contribution in [0.3, 0.4) is 0 Å². The lowest BCUT2D eigenvalue weighted by Crippen LogP contribution is -2.44. The molecule has 1 aromatic rings. The number of carbonyl (C=O) groups is 2. The van der Waals surface area contributed by atoms with Crippen molar-refractivity contribution < 1.29 is 9.59 Å². The number of carbonyl (C=O) groups excluding carboxylic acids is 2. The van der Waals surface area contributed by atoms with Crippen LogP contribution in [0.2, 0.25) is 0 Å². The van der Waals surface area contributed by atoms with Crippen LogP contribution in [0, 0.1) is 5.92 Å². The van der Waals surface area contributed by atoms with Crippen LogP contribution in [-0.2, 0) is 16.0 Å². The smallest absolute Gasteiger partial charge is 0.227 e. The van der Waals surface area contributed by atoms with E-state index in [1.165, 1.54) is 0 Å². The monoisotopic (exact) mass is 261 g/mol. The number of anilines is 1. The summed E-state index contributed by atoms with van der Waals surface area (Å²) in [6.07, 6.45) is 1.95. The highest BCUT2D eigenvalue weighted by atomic mass is 16.2. The summed E-state index contributed by atoms with van der Waals surface area (Å²) < 4.78 is 0. The van der Waals surface area contributed by atoms with Crippen molar-refractivity contribution in [3.05, 3.63) is 29.8 Å². The topological polar surface area (TPSA) is 89.4 Å². The van der Waals surface area contributed by atoms with Crippen LogP contribution in [0.1, 0.15) is 18.4 Å². The molecular formula is C14H19N3O2. The van der Waals surface area contributed by atoms with Crippen LogP contribution >= 0.6 is 0 Å². The molecule has 2 rings (SSSR count). The second-order valence-electron chi connectivity index (χ2n) is 5.00. The highest BCUT2D eigenvalue weighted by molar-refractivity contribution is 5.81. The first-order valence-electron chi connectivity index (χ1n) is 6.48. The van der Waals surface area contributed by atoms with E-state index in [1.807, 2.05) is 12.1 Å². The molecule has 1 aromatic carbocycles. The van der Waals surface area contributed by atoms with Crippen LogP contribution in [0.25, 0.3) is 0 Å². The Morgan fingerprint density at radius 3 is 2.58 bits per heavy atom. The number of nitrogen functional groups attached to an aromatic ring is 1. The first-order valence-corrected chi connectivity index (χ1v) is 6.48. The second kappa shape index (κ2) is 5.73. The van der Waals surface area contributed by atoms with Gasteiger partial charge >= 0.3 is 0 Å². The quantitative estimate of drug-likeness (QED) is 0.778. The summed E-state index contributed by atoms with van der Waals surface area (Å²) in [6, 6.07) is 7.27. The van der Waals surface area contributed by atoms with E-state index < -0.39 is 0 Å². The fourth-order valence-corrected chi connectivity index (χ4v) is 2.36. The van der Waals surface area contributed by atoms with Gasteiger partial charge in [0.2, 0.25) is 11.8 Å². The van der Waals surface area contributed by atoms with E-state index in [1.54, 1.807) is 17.0 Å². The minimum absolute atomic E-state index is 0.0377. The fraction of sp³-hybridized carbons (Fsp3) is 0.429. The molecule has 0 radical (unpaired) electrons. The predicted molar refractivity (Wildman–Crippen MR) is 73.1 cm³/mol. The Morgan fingerprint density at radius 1 is 1.26 bits per heavy atom. The van der Waals surface area contributed by atoms with Gasteiger partial charge < -0.3 is 16.4 Å². The Labute approximate surface area is 112 Å². The normalized spacial score (nSPS) is 19.2. The van der Waals surface area contributed by atoms with E-state index in [9.17, 15) is 9.59 Å². The van der Waals surface area contributed by atoms with Crippen molar-refractivity contribution in [3.8, 4) is 0 Å². The van der Waals surface area contributed by atoms with Gasteiger partial charge in [-0.1, -0.05) is 12.1 Å². The molecule has 1 atom stereocenters. The lowest BCUT2D eigenvalue weighted by atomic mass is 9.97. The molecule has 1 heterocycles. The van der Waals surface area contributed by atoms with Crippen molar-refractivity contribution >= 4 is 17.5 Å². The van der Waals surface area contributed by atoms with Gasteiger partial charge in [0, 0.05) is 18.8 Å². The van der Waals surface area contributed by atoms with E-state index in [4.69, 9.17) is 11.5 Å². The van der Waals surface area contributed by atoms with Crippen LogP contribution < -0.4 is 11.5 Å². The van der Waals surface area contributed by atoms with Crippen molar-refractivity contribution in [1.29, 1.82) is 0 Å². The molecule has 0 spiro atoms. The maximum absolute atomic E-state index is 12.2. The molecular weight excluding hydrogens is 242 g/mol. The predicted octanol–water partition coefficient (Wildman–Crippen LogP) is 0.535. The first-order chi connectivity index (χ1) is 9.06. The molecule has 5 heteroatoms. The number of hydrogen-bond donors (Lipinski definition) is 2. The Balaban J connectivity index is 1.96. The molecule has 102 valence electrons. The van der Waals surface area contributed by atoms with E-state index in [0.29, 0.717) is 25.2 Å². The lowest BCUT2D eigenvalue weighted by Gasteiger charge is -2.31. The number of piperidine rings is 1. The maximum Gasteiger partial charge on any atom is 0.227 e. The van der Waals surface area contributed by atoms with Gasteiger partial charge in [0.15, 0.2) is 0 Å². The molecule has 1 aliphatic heterocycles. The summed E-state index contributed by atoms with van der Waals surface area (Å²) in [7, 11) is 0. The summed E-state index contributed by atoms with van der Waals surface area (Å²) in [5, 5.41) is 0. The molecule has 2 amide bonds. The summed E-state index contributed by atoms with van der Waals surface area (Å²) >= 11 is 0. The van der Waals surface area contributed by atoms with Crippen LogP contribution in [-0.4, -0.2) is 29.8 Å². The highest BCUT2D eigenvalue weighted by Gasteiger charge is 2.26. The molecule has 0 aliphatic carbocycles. The van der Waals surface area contributed by atoms with Gasteiger partial charge in [-0.05, 0) is 30.5 Å². The zero-order valence-corrected chi connectivity index (χ0v) is 10.8. The number of benzene rings is 1. The zero-order valence-electron chi connectivity index (χ0n) is 10.8. The van der Waals surface area contributed by atoms with Crippen LogP contribution in [0.4, 0.5) is 5.69 Å². The number of hydrogen-bond acceptors (Lipinski definition) is 3. The molecule has 1 aliphatic rings. The van der Waals surface area contributed by atoms with Crippen molar-refractivity contribution in [2.24, 2.45) is 11.7 Å². The average molecular weight is 261 g/mol. The van der Waals surface area contributed by atoms with Crippen molar-refractivity contribution in [3.63, 3.8) is 0 Å².